The molecule has 0 aliphatic carbocycles. The Labute approximate surface area is 150 Å². The van der Waals surface area contributed by atoms with E-state index in [1.165, 1.54) is 0 Å². The fourth-order valence-corrected chi connectivity index (χ4v) is 2.22. The molecule has 0 amide bonds. The summed E-state index contributed by atoms with van der Waals surface area (Å²) >= 11 is 11.9. The summed E-state index contributed by atoms with van der Waals surface area (Å²) in [5.41, 5.74) is 1.69. The van der Waals surface area contributed by atoms with E-state index in [9.17, 15) is 4.79 Å². The second-order valence-corrected chi connectivity index (χ2v) is 6.68. The van der Waals surface area contributed by atoms with Crippen LogP contribution in [0.5, 0.6) is 5.75 Å². The van der Waals surface area contributed by atoms with Crippen LogP contribution >= 0.6 is 31.8 Å². The molecule has 1 unspecified atom stereocenters. The Bertz CT molecular complexity index is 645. The lowest BCUT2D eigenvalue weighted by atomic mass is 9.81. The van der Waals surface area contributed by atoms with Crippen molar-refractivity contribution in [3.05, 3.63) is 63.6 Å². The summed E-state index contributed by atoms with van der Waals surface area (Å²) in [6.45, 7) is 6.23. The van der Waals surface area contributed by atoms with Gasteiger partial charge in [0, 0.05) is 5.82 Å². The summed E-state index contributed by atoms with van der Waals surface area (Å²) in [6.07, 6.45) is 0. The van der Waals surface area contributed by atoms with E-state index >= 15 is 0 Å². The fourth-order valence-electron chi connectivity index (χ4n) is 1.74. The van der Waals surface area contributed by atoms with E-state index in [4.69, 9.17) is 35.8 Å². The van der Waals surface area contributed by atoms with Gasteiger partial charge in [0.15, 0.2) is 5.75 Å². The number of carbonyl (C=O) groups excluding carboxylic acids is 1. The van der Waals surface area contributed by atoms with Crippen LogP contribution < -0.4 is 4.74 Å². The van der Waals surface area contributed by atoms with Crippen molar-refractivity contribution in [2.75, 3.05) is 13.3 Å². The van der Waals surface area contributed by atoms with E-state index < -0.39 is 11.8 Å². The van der Waals surface area contributed by atoms with Crippen LogP contribution in [-0.2, 0) is 4.79 Å². The van der Waals surface area contributed by atoms with Gasteiger partial charge in [-0.15, -0.1) is 8.58 Å². The number of halogens is 2. The molecule has 0 N–H and O–H groups in total. The Kier molecular flexibility index (Phi) is 8.69. The molecule has 1 atom stereocenters. The van der Waals surface area contributed by atoms with Gasteiger partial charge < -0.3 is 4.74 Å². The minimum Gasteiger partial charge on any atom is -0.423 e. The number of rotatable bonds is 3. The molecule has 6 heteroatoms. The lowest BCUT2D eigenvalue weighted by Gasteiger charge is -2.14. The third-order valence-corrected chi connectivity index (χ3v) is 3.37. The molecule has 0 heterocycles. The number of aryl methyl sites for hydroxylation is 1. The van der Waals surface area contributed by atoms with Gasteiger partial charge in [-0.1, -0.05) is 59.1 Å². The second-order valence-electron chi connectivity index (χ2n) is 4.86. The van der Waals surface area contributed by atoms with Gasteiger partial charge in [-0.25, -0.2) is 0 Å². The summed E-state index contributed by atoms with van der Waals surface area (Å²) < 4.78 is 5.20. The SMILES string of the molecule is CPC.[B]C(C(=O)Oc1c(Cl)cccc1Cl)c1cccc(C)c1. The molecule has 0 bridgehead atoms. The summed E-state index contributed by atoms with van der Waals surface area (Å²) in [5.74, 6) is -1.36. The average molecular weight is 367 g/mol. The van der Waals surface area contributed by atoms with E-state index in [1.807, 2.05) is 25.1 Å². The first-order valence-corrected chi connectivity index (χ1v) is 9.72. The Balaban J connectivity index is 0.000000816. The molecule has 2 radical (unpaired) electrons. The van der Waals surface area contributed by atoms with Crippen molar-refractivity contribution >= 4 is 45.6 Å². The Morgan fingerprint density at radius 1 is 1.13 bits per heavy atom. The van der Waals surface area contributed by atoms with Crippen LogP contribution in [0, 0.1) is 6.92 Å². The van der Waals surface area contributed by atoms with E-state index in [1.54, 1.807) is 24.3 Å². The summed E-state index contributed by atoms with van der Waals surface area (Å²) in [7, 11) is 6.98. The van der Waals surface area contributed by atoms with Gasteiger partial charge in [0.05, 0.1) is 17.9 Å². The number of hydrogen-bond donors (Lipinski definition) is 0. The molecule has 23 heavy (non-hydrogen) atoms. The molecular formula is C17H18BCl2O2P. The van der Waals surface area contributed by atoms with Gasteiger partial charge in [0.1, 0.15) is 0 Å². The van der Waals surface area contributed by atoms with Crippen LogP contribution in [0.1, 0.15) is 16.9 Å². The smallest absolute Gasteiger partial charge is 0.309 e. The third kappa shape index (κ3) is 6.18. The van der Waals surface area contributed by atoms with E-state index in [0.29, 0.717) is 5.56 Å². The van der Waals surface area contributed by atoms with Crippen LogP contribution in [0.2, 0.25) is 10.0 Å². The average Bonchev–Trinajstić information content (AvgIpc) is 2.51. The minimum absolute atomic E-state index is 0.129. The molecule has 2 aromatic rings. The number of hydrogen-bond acceptors (Lipinski definition) is 2. The first-order valence-electron chi connectivity index (χ1n) is 6.97. The highest BCUT2D eigenvalue weighted by Crippen LogP contribution is 2.33. The number of ether oxygens (including phenoxy) is 1. The second kappa shape index (κ2) is 9.98. The number of benzene rings is 2. The van der Waals surface area contributed by atoms with E-state index in [0.717, 1.165) is 14.1 Å². The molecule has 2 aromatic carbocycles. The maximum absolute atomic E-state index is 12.1. The topological polar surface area (TPSA) is 26.3 Å². The zero-order valence-corrected chi connectivity index (χ0v) is 15.8. The first-order chi connectivity index (χ1) is 10.9. The predicted molar refractivity (Wildman–Crippen MR) is 102 cm³/mol. The highest BCUT2D eigenvalue weighted by atomic mass is 35.5. The Morgan fingerprint density at radius 3 is 2.17 bits per heavy atom. The lowest BCUT2D eigenvalue weighted by molar-refractivity contribution is -0.134. The highest BCUT2D eigenvalue weighted by molar-refractivity contribution is 7.35. The third-order valence-electron chi connectivity index (χ3n) is 2.78. The van der Waals surface area contributed by atoms with Crippen LogP contribution in [0.25, 0.3) is 0 Å². The molecule has 120 valence electrons. The van der Waals surface area contributed by atoms with Crippen molar-refractivity contribution in [3.8, 4) is 5.75 Å². The molecule has 0 fully saturated rings. The molecule has 0 aromatic heterocycles. The van der Waals surface area contributed by atoms with Crippen LogP contribution in [0.4, 0.5) is 0 Å². The van der Waals surface area contributed by atoms with Crippen molar-refractivity contribution in [1.29, 1.82) is 0 Å². The van der Waals surface area contributed by atoms with Crippen LogP contribution in [0.15, 0.2) is 42.5 Å². The molecule has 2 rings (SSSR count). The standard InChI is InChI=1S/C15H11BCl2O2.C2H7P/c1-9-4-2-5-10(8-9)13(16)15(19)20-14-11(17)6-3-7-12(14)18;1-3-2/h2-8,13H,1H3;3H,1-2H3. The van der Waals surface area contributed by atoms with Crippen molar-refractivity contribution in [1.82, 2.24) is 0 Å². The monoisotopic (exact) mass is 366 g/mol. The summed E-state index contributed by atoms with van der Waals surface area (Å²) in [4.78, 5) is 12.1. The number of para-hydroxylation sites is 1. The molecule has 0 aliphatic rings. The fraction of sp³-hybridized carbons (Fsp3) is 0.235. The van der Waals surface area contributed by atoms with Crippen LogP contribution in [-0.4, -0.2) is 27.1 Å². The van der Waals surface area contributed by atoms with E-state index in [2.05, 4.69) is 13.3 Å². The van der Waals surface area contributed by atoms with Gasteiger partial charge in [0.2, 0.25) is 0 Å². The quantitative estimate of drug-likeness (QED) is 0.329. The normalized spacial score (nSPS) is 11.2. The van der Waals surface area contributed by atoms with Crippen molar-refractivity contribution in [2.45, 2.75) is 12.7 Å². The molecule has 0 saturated carbocycles. The number of esters is 1. The summed E-state index contributed by atoms with van der Waals surface area (Å²) in [6, 6.07) is 12.2. The van der Waals surface area contributed by atoms with Gasteiger partial charge in [-0.3, -0.25) is 4.79 Å². The minimum atomic E-state index is -0.887. The maximum Gasteiger partial charge on any atom is 0.309 e. The highest BCUT2D eigenvalue weighted by Gasteiger charge is 2.19. The van der Waals surface area contributed by atoms with Gasteiger partial charge in [-0.2, -0.15) is 0 Å². The van der Waals surface area contributed by atoms with Gasteiger partial charge in [-0.05, 0) is 37.9 Å². The summed E-state index contributed by atoms with van der Waals surface area (Å²) in [5, 5.41) is 0.532. The first kappa shape index (κ1) is 20.0. The van der Waals surface area contributed by atoms with Gasteiger partial charge in [0.25, 0.3) is 0 Å². The Hall–Kier alpha value is -1.02. The molecule has 2 nitrogen and oxygen atoms in total. The largest absolute Gasteiger partial charge is 0.423 e. The molecule has 0 saturated heterocycles. The molecule has 0 aliphatic heterocycles. The van der Waals surface area contributed by atoms with E-state index in [-0.39, 0.29) is 15.8 Å². The lowest BCUT2D eigenvalue weighted by Crippen LogP contribution is -2.19. The Morgan fingerprint density at radius 2 is 1.65 bits per heavy atom. The predicted octanol–water partition coefficient (Wildman–Crippen LogP) is 5.04. The number of carbonyl (C=O) groups is 1. The van der Waals surface area contributed by atoms with Crippen molar-refractivity contribution < 1.29 is 9.53 Å². The maximum atomic E-state index is 12.1. The van der Waals surface area contributed by atoms with Crippen LogP contribution in [0.3, 0.4) is 0 Å². The molecular weight excluding hydrogens is 349 g/mol. The van der Waals surface area contributed by atoms with Crippen molar-refractivity contribution in [2.24, 2.45) is 0 Å². The zero-order chi connectivity index (χ0) is 17.4. The molecule has 0 spiro atoms. The van der Waals surface area contributed by atoms with Crippen molar-refractivity contribution in [3.63, 3.8) is 0 Å². The zero-order valence-electron chi connectivity index (χ0n) is 13.3. The van der Waals surface area contributed by atoms with Gasteiger partial charge >= 0.3 is 5.97 Å².